The van der Waals surface area contributed by atoms with E-state index in [-0.39, 0.29) is 11.9 Å². The van der Waals surface area contributed by atoms with Gasteiger partial charge in [0.25, 0.3) is 0 Å². The van der Waals surface area contributed by atoms with Crippen LogP contribution in [0.3, 0.4) is 0 Å². The SMILES string of the molecule is O=C(CC1CC1)Nc1ccc(N2CCNC2=O)cc1. The zero-order chi connectivity index (χ0) is 13.2. The Bertz CT molecular complexity index is 494. The van der Waals surface area contributed by atoms with Crippen molar-refractivity contribution >= 4 is 23.3 Å². The fourth-order valence-electron chi connectivity index (χ4n) is 2.24. The third-order valence-corrected chi connectivity index (χ3v) is 3.49. The molecule has 1 aromatic carbocycles. The van der Waals surface area contributed by atoms with Gasteiger partial charge in [-0.1, -0.05) is 0 Å². The highest BCUT2D eigenvalue weighted by Crippen LogP contribution is 2.32. The molecule has 0 aromatic heterocycles. The molecule has 0 atom stereocenters. The second-order valence-electron chi connectivity index (χ2n) is 5.13. The zero-order valence-electron chi connectivity index (χ0n) is 10.7. The number of nitrogens with zero attached hydrogens (tertiary/aromatic N) is 1. The molecule has 3 amide bonds. The molecule has 0 unspecified atom stereocenters. The van der Waals surface area contributed by atoms with E-state index in [1.807, 2.05) is 24.3 Å². The predicted molar refractivity (Wildman–Crippen MR) is 73.2 cm³/mol. The quantitative estimate of drug-likeness (QED) is 0.868. The van der Waals surface area contributed by atoms with Crippen molar-refractivity contribution in [2.75, 3.05) is 23.3 Å². The van der Waals surface area contributed by atoms with Crippen LogP contribution in [0.1, 0.15) is 19.3 Å². The minimum atomic E-state index is -0.0643. The number of anilines is 2. The number of hydrogen-bond donors (Lipinski definition) is 2. The lowest BCUT2D eigenvalue weighted by Crippen LogP contribution is -2.27. The normalized spacial score (nSPS) is 18.3. The number of amides is 3. The molecule has 2 fully saturated rings. The van der Waals surface area contributed by atoms with E-state index in [0.717, 1.165) is 11.4 Å². The summed E-state index contributed by atoms with van der Waals surface area (Å²) in [5.41, 5.74) is 1.64. The van der Waals surface area contributed by atoms with E-state index >= 15 is 0 Å². The lowest BCUT2D eigenvalue weighted by Gasteiger charge is -2.14. The Balaban J connectivity index is 1.61. The Morgan fingerprint density at radius 2 is 2.05 bits per heavy atom. The highest BCUT2D eigenvalue weighted by atomic mass is 16.2. The van der Waals surface area contributed by atoms with Crippen LogP contribution in [0, 0.1) is 5.92 Å². The van der Waals surface area contributed by atoms with E-state index in [4.69, 9.17) is 0 Å². The van der Waals surface area contributed by atoms with E-state index in [0.29, 0.717) is 25.4 Å². The minimum absolute atomic E-state index is 0.0643. The summed E-state index contributed by atoms with van der Waals surface area (Å²) < 4.78 is 0. The van der Waals surface area contributed by atoms with Gasteiger partial charge in [0.15, 0.2) is 0 Å². The first kappa shape index (κ1) is 12.0. The third kappa shape index (κ3) is 2.86. The minimum Gasteiger partial charge on any atom is -0.336 e. The average Bonchev–Trinajstić information content (AvgIpc) is 3.10. The van der Waals surface area contributed by atoms with Crippen molar-refractivity contribution in [1.29, 1.82) is 0 Å². The summed E-state index contributed by atoms with van der Waals surface area (Å²) in [5, 5.41) is 5.64. The maximum atomic E-state index is 11.7. The fraction of sp³-hybridized carbons (Fsp3) is 0.429. The molecule has 1 aliphatic heterocycles. The van der Waals surface area contributed by atoms with Crippen LogP contribution in [0.4, 0.5) is 16.2 Å². The molecule has 5 heteroatoms. The summed E-state index contributed by atoms with van der Waals surface area (Å²) in [4.78, 5) is 24.9. The molecule has 1 saturated heterocycles. The van der Waals surface area contributed by atoms with Crippen LogP contribution in [0.25, 0.3) is 0 Å². The van der Waals surface area contributed by atoms with Gasteiger partial charge in [0.2, 0.25) is 5.91 Å². The van der Waals surface area contributed by atoms with Crippen molar-refractivity contribution in [3.05, 3.63) is 24.3 Å². The number of carbonyl (C=O) groups is 2. The van der Waals surface area contributed by atoms with Gasteiger partial charge in [-0.25, -0.2) is 4.79 Å². The molecule has 2 N–H and O–H groups in total. The Morgan fingerprint density at radius 3 is 2.63 bits per heavy atom. The van der Waals surface area contributed by atoms with Crippen LogP contribution < -0.4 is 15.5 Å². The molecule has 1 heterocycles. The van der Waals surface area contributed by atoms with Crippen molar-refractivity contribution < 1.29 is 9.59 Å². The molecular weight excluding hydrogens is 242 g/mol. The summed E-state index contributed by atoms with van der Waals surface area (Å²) in [6.07, 6.45) is 2.98. The molecule has 0 radical (unpaired) electrons. The Hall–Kier alpha value is -2.04. The number of urea groups is 1. The van der Waals surface area contributed by atoms with Crippen LogP contribution in [0.15, 0.2) is 24.3 Å². The smallest absolute Gasteiger partial charge is 0.321 e. The van der Waals surface area contributed by atoms with Crippen molar-refractivity contribution in [2.24, 2.45) is 5.92 Å². The molecule has 0 spiro atoms. The molecule has 2 aliphatic rings. The number of nitrogens with one attached hydrogen (secondary N) is 2. The van der Waals surface area contributed by atoms with Gasteiger partial charge in [-0.3, -0.25) is 9.69 Å². The third-order valence-electron chi connectivity index (χ3n) is 3.49. The first-order valence-electron chi connectivity index (χ1n) is 6.67. The zero-order valence-corrected chi connectivity index (χ0v) is 10.7. The number of rotatable bonds is 4. The second kappa shape index (κ2) is 4.91. The summed E-state index contributed by atoms with van der Waals surface area (Å²) in [6, 6.07) is 7.33. The lowest BCUT2D eigenvalue weighted by molar-refractivity contribution is -0.116. The van der Waals surface area contributed by atoms with Gasteiger partial charge in [0.05, 0.1) is 0 Å². The Kier molecular flexibility index (Phi) is 3.11. The van der Waals surface area contributed by atoms with E-state index in [2.05, 4.69) is 10.6 Å². The van der Waals surface area contributed by atoms with Crippen LogP contribution in [-0.4, -0.2) is 25.0 Å². The molecule has 1 aromatic rings. The monoisotopic (exact) mass is 259 g/mol. The molecule has 0 bridgehead atoms. The van der Waals surface area contributed by atoms with Gasteiger partial charge < -0.3 is 10.6 Å². The van der Waals surface area contributed by atoms with Gasteiger partial charge in [-0.15, -0.1) is 0 Å². The van der Waals surface area contributed by atoms with Crippen LogP contribution in [0.2, 0.25) is 0 Å². The molecule has 19 heavy (non-hydrogen) atoms. The Morgan fingerprint density at radius 1 is 1.32 bits per heavy atom. The average molecular weight is 259 g/mol. The molecule has 1 saturated carbocycles. The van der Waals surface area contributed by atoms with Crippen LogP contribution >= 0.6 is 0 Å². The van der Waals surface area contributed by atoms with E-state index in [9.17, 15) is 9.59 Å². The molecule has 5 nitrogen and oxygen atoms in total. The predicted octanol–water partition coefficient (Wildman–Crippen LogP) is 1.95. The summed E-state index contributed by atoms with van der Waals surface area (Å²) >= 11 is 0. The number of hydrogen-bond acceptors (Lipinski definition) is 2. The van der Waals surface area contributed by atoms with Crippen molar-refractivity contribution in [3.8, 4) is 0 Å². The van der Waals surface area contributed by atoms with Crippen molar-refractivity contribution in [1.82, 2.24) is 5.32 Å². The first-order chi connectivity index (χ1) is 9.22. The van der Waals surface area contributed by atoms with Gasteiger partial charge in [0.1, 0.15) is 0 Å². The van der Waals surface area contributed by atoms with Crippen LogP contribution in [0.5, 0.6) is 0 Å². The number of carbonyl (C=O) groups excluding carboxylic acids is 2. The number of benzene rings is 1. The topological polar surface area (TPSA) is 61.4 Å². The van der Waals surface area contributed by atoms with Gasteiger partial charge in [0, 0.05) is 30.9 Å². The maximum Gasteiger partial charge on any atom is 0.321 e. The van der Waals surface area contributed by atoms with E-state index in [1.165, 1.54) is 12.8 Å². The lowest BCUT2D eigenvalue weighted by atomic mass is 10.2. The molecular formula is C14H17N3O2. The standard InChI is InChI=1S/C14H17N3O2/c18-13(9-10-1-2-10)16-11-3-5-12(6-4-11)17-8-7-15-14(17)19/h3-6,10H,1-2,7-9H2,(H,15,19)(H,16,18). The summed E-state index contributed by atoms with van der Waals surface area (Å²) in [6.45, 7) is 1.37. The Labute approximate surface area is 112 Å². The van der Waals surface area contributed by atoms with Crippen LogP contribution in [-0.2, 0) is 4.79 Å². The van der Waals surface area contributed by atoms with E-state index < -0.39 is 0 Å². The van der Waals surface area contributed by atoms with Gasteiger partial charge in [-0.05, 0) is 43.0 Å². The molecule has 1 aliphatic carbocycles. The first-order valence-corrected chi connectivity index (χ1v) is 6.67. The maximum absolute atomic E-state index is 11.7. The van der Waals surface area contributed by atoms with Gasteiger partial charge in [-0.2, -0.15) is 0 Å². The van der Waals surface area contributed by atoms with E-state index in [1.54, 1.807) is 4.90 Å². The fourth-order valence-corrected chi connectivity index (χ4v) is 2.24. The summed E-state index contributed by atoms with van der Waals surface area (Å²) in [7, 11) is 0. The van der Waals surface area contributed by atoms with Crippen molar-refractivity contribution in [3.63, 3.8) is 0 Å². The highest BCUT2D eigenvalue weighted by molar-refractivity contribution is 5.95. The van der Waals surface area contributed by atoms with Gasteiger partial charge >= 0.3 is 6.03 Å². The summed E-state index contributed by atoms with van der Waals surface area (Å²) in [5.74, 6) is 0.668. The highest BCUT2D eigenvalue weighted by Gasteiger charge is 2.24. The molecule has 3 rings (SSSR count). The largest absolute Gasteiger partial charge is 0.336 e. The second-order valence-corrected chi connectivity index (χ2v) is 5.13. The van der Waals surface area contributed by atoms with Crippen molar-refractivity contribution in [2.45, 2.75) is 19.3 Å². The molecule has 100 valence electrons.